The largest absolute Gasteiger partial charge is 0.508 e. The number of aliphatic hydroxyl groups excluding tert-OH is 1. The first-order chi connectivity index (χ1) is 19.0. The molecule has 0 spiro atoms. The van der Waals surface area contributed by atoms with Gasteiger partial charge in [-0.05, 0) is 68.8 Å². The molecule has 0 saturated carbocycles. The van der Waals surface area contributed by atoms with Crippen LogP contribution in [0.25, 0.3) is 0 Å². The van der Waals surface area contributed by atoms with Crippen LogP contribution in [-0.4, -0.2) is 61.6 Å². The minimum atomic E-state index is -1.61. The number of aliphatic hydroxyl groups is 1. The molecular weight excluding hydrogens is 546 g/mol. The van der Waals surface area contributed by atoms with Crippen LogP contribution < -0.4 is 10.6 Å². The Hall–Kier alpha value is -3.34. The minimum absolute atomic E-state index is 0.0215. The molecule has 2 heterocycles. The van der Waals surface area contributed by atoms with Gasteiger partial charge in [-0.15, -0.1) is 23.1 Å². The van der Waals surface area contributed by atoms with Crippen LogP contribution in [0.3, 0.4) is 0 Å². The SMILES string of the molecule is Cc1ccsc1CNC(=O)C1N(C(=O)C(O)C(Cc2ccccc2)NC(=O)c2cccc(O)c2C)CSC1(C)C. The highest BCUT2D eigenvalue weighted by Gasteiger charge is 2.49. The van der Waals surface area contributed by atoms with E-state index in [1.54, 1.807) is 30.4 Å². The van der Waals surface area contributed by atoms with Crippen molar-refractivity contribution >= 4 is 40.8 Å². The highest BCUT2D eigenvalue weighted by atomic mass is 32.2. The van der Waals surface area contributed by atoms with E-state index < -0.39 is 34.7 Å². The first-order valence-corrected chi connectivity index (χ1v) is 14.9. The van der Waals surface area contributed by atoms with Crippen LogP contribution in [0.2, 0.25) is 0 Å². The zero-order valence-electron chi connectivity index (χ0n) is 23.0. The van der Waals surface area contributed by atoms with E-state index in [9.17, 15) is 24.6 Å². The molecule has 2 aromatic carbocycles. The third-order valence-electron chi connectivity index (χ3n) is 7.27. The molecule has 0 radical (unpaired) electrons. The Morgan fingerprint density at radius 1 is 1.07 bits per heavy atom. The second-order valence-electron chi connectivity index (χ2n) is 10.5. The van der Waals surface area contributed by atoms with E-state index in [4.69, 9.17) is 0 Å². The maximum atomic E-state index is 13.8. The van der Waals surface area contributed by atoms with Gasteiger partial charge in [0.1, 0.15) is 11.8 Å². The van der Waals surface area contributed by atoms with Crippen LogP contribution in [0.4, 0.5) is 0 Å². The number of nitrogens with zero attached hydrogens (tertiary/aromatic N) is 1. The third kappa shape index (κ3) is 6.51. The van der Waals surface area contributed by atoms with Gasteiger partial charge in [-0.3, -0.25) is 14.4 Å². The number of rotatable bonds is 9. The normalized spacial score (nSPS) is 17.7. The van der Waals surface area contributed by atoms with Crippen molar-refractivity contribution in [1.82, 2.24) is 15.5 Å². The summed E-state index contributed by atoms with van der Waals surface area (Å²) in [6.45, 7) is 7.79. The van der Waals surface area contributed by atoms with Crippen LogP contribution in [-0.2, 0) is 22.6 Å². The molecule has 3 unspecified atom stereocenters. The van der Waals surface area contributed by atoms with Gasteiger partial charge in [-0.1, -0.05) is 36.4 Å². The van der Waals surface area contributed by atoms with Gasteiger partial charge in [0, 0.05) is 20.8 Å². The zero-order valence-corrected chi connectivity index (χ0v) is 24.6. The van der Waals surface area contributed by atoms with Crippen molar-refractivity contribution in [2.75, 3.05) is 5.88 Å². The second-order valence-corrected chi connectivity index (χ2v) is 13.1. The van der Waals surface area contributed by atoms with Crippen molar-refractivity contribution in [2.24, 2.45) is 0 Å². The number of thioether (sulfide) groups is 1. The number of nitrogens with one attached hydrogen (secondary N) is 2. The Morgan fingerprint density at radius 3 is 2.48 bits per heavy atom. The number of aryl methyl sites for hydroxylation is 1. The highest BCUT2D eigenvalue weighted by molar-refractivity contribution is 8.00. The Kier molecular flexibility index (Phi) is 9.22. The van der Waals surface area contributed by atoms with E-state index in [2.05, 4.69) is 10.6 Å². The van der Waals surface area contributed by atoms with Gasteiger partial charge >= 0.3 is 0 Å². The summed E-state index contributed by atoms with van der Waals surface area (Å²) in [6, 6.07) is 14.1. The van der Waals surface area contributed by atoms with E-state index in [1.165, 1.54) is 22.7 Å². The summed E-state index contributed by atoms with van der Waals surface area (Å²) in [5.74, 6) is -1.22. The van der Waals surface area contributed by atoms with Crippen molar-refractivity contribution in [1.29, 1.82) is 0 Å². The Morgan fingerprint density at radius 2 is 1.80 bits per heavy atom. The predicted molar refractivity (Wildman–Crippen MR) is 158 cm³/mol. The van der Waals surface area contributed by atoms with Gasteiger partial charge in [0.05, 0.1) is 18.5 Å². The maximum absolute atomic E-state index is 13.8. The minimum Gasteiger partial charge on any atom is -0.508 e. The summed E-state index contributed by atoms with van der Waals surface area (Å²) < 4.78 is -0.583. The molecule has 10 heteroatoms. The highest BCUT2D eigenvalue weighted by Crippen LogP contribution is 2.40. The van der Waals surface area contributed by atoms with Crippen molar-refractivity contribution in [3.05, 3.63) is 87.1 Å². The summed E-state index contributed by atoms with van der Waals surface area (Å²) in [7, 11) is 0. The first kappa shape index (κ1) is 29.6. The Balaban J connectivity index is 1.56. The lowest BCUT2D eigenvalue weighted by atomic mass is 9.96. The molecule has 4 N–H and O–H groups in total. The fraction of sp³-hybridized carbons (Fsp3) is 0.367. The topological polar surface area (TPSA) is 119 Å². The molecule has 3 aromatic rings. The van der Waals surface area contributed by atoms with Crippen LogP contribution in [0.15, 0.2) is 60.0 Å². The molecule has 3 atom stereocenters. The van der Waals surface area contributed by atoms with Crippen molar-refractivity contribution < 1.29 is 24.6 Å². The fourth-order valence-corrected chi connectivity index (χ4v) is 6.82. The molecule has 1 saturated heterocycles. The van der Waals surface area contributed by atoms with E-state index in [-0.39, 0.29) is 29.5 Å². The molecule has 1 aromatic heterocycles. The number of phenols is 1. The number of benzene rings is 2. The molecule has 1 aliphatic rings. The number of aromatic hydroxyl groups is 1. The van der Waals surface area contributed by atoms with E-state index >= 15 is 0 Å². The molecule has 0 bridgehead atoms. The van der Waals surface area contributed by atoms with Gasteiger partial charge < -0.3 is 25.7 Å². The summed E-state index contributed by atoms with van der Waals surface area (Å²) in [4.78, 5) is 42.9. The summed E-state index contributed by atoms with van der Waals surface area (Å²) in [5, 5.41) is 29.2. The van der Waals surface area contributed by atoms with E-state index in [0.717, 1.165) is 16.0 Å². The van der Waals surface area contributed by atoms with Crippen LogP contribution in [0.5, 0.6) is 5.75 Å². The molecule has 8 nitrogen and oxygen atoms in total. The standard InChI is InChI=1S/C30H35N3O5S2/c1-18-13-14-39-24(18)16-31-28(37)26-30(3,4)40-17-33(26)29(38)25(35)22(15-20-9-6-5-7-10-20)32-27(36)21-11-8-12-23(34)19(21)2/h5-14,22,25-26,34-35H,15-17H2,1-4H3,(H,31,37)(H,32,36). The average Bonchev–Trinajstić information content (AvgIpc) is 3.49. The quantitative estimate of drug-likeness (QED) is 0.306. The van der Waals surface area contributed by atoms with Crippen molar-refractivity contribution in [3.8, 4) is 5.75 Å². The molecule has 212 valence electrons. The maximum Gasteiger partial charge on any atom is 0.254 e. The number of thiophene rings is 1. The summed E-state index contributed by atoms with van der Waals surface area (Å²) in [6.07, 6.45) is -1.41. The van der Waals surface area contributed by atoms with Crippen LogP contribution in [0, 0.1) is 13.8 Å². The van der Waals surface area contributed by atoms with Gasteiger partial charge in [-0.2, -0.15) is 0 Å². The lowest BCUT2D eigenvalue weighted by Gasteiger charge is -2.33. The summed E-state index contributed by atoms with van der Waals surface area (Å²) >= 11 is 3.03. The molecule has 1 fully saturated rings. The molecule has 1 aliphatic heterocycles. The van der Waals surface area contributed by atoms with Gasteiger partial charge in [0.15, 0.2) is 6.10 Å². The number of hydrogen-bond acceptors (Lipinski definition) is 7. The van der Waals surface area contributed by atoms with Crippen molar-refractivity contribution in [2.45, 2.75) is 63.6 Å². The number of hydrogen-bond donors (Lipinski definition) is 4. The fourth-order valence-electron chi connectivity index (χ4n) is 4.83. The van der Waals surface area contributed by atoms with Crippen LogP contribution in [0.1, 0.15) is 45.8 Å². The number of carbonyl (C=O) groups is 3. The smallest absolute Gasteiger partial charge is 0.254 e. The number of amides is 3. The van der Waals surface area contributed by atoms with Gasteiger partial charge in [-0.25, -0.2) is 0 Å². The molecule has 40 heavy (non-hydrogen) atoms. The average molecular weight is 582 g/mol. The Labute approximate surface area is 242 Å². The first-order valence-electron chi connectivity index (χ1n) is 13.1. The molecule has 0 aliphatic carbocycles. The summed E-state index contributed by atoms with van der Waals surface area (Å²) in [5.41, 5.74) is 2.56. The number of carbonyl (C=O) groups excluding carboxylic acids is 3. The Bertz CT molecular complexity index is 1370. The van der Waals surface area contributed by atoms with E-state index in [1.807, 2.05) is 62.5 Å². The monoisotopic (exact) mass is 581 g/mol. The molecule has 3 amide bonds. The lowest BCUT2D eigenvalue weighted by molar-refractivity contribution is -0.147. The van der Waals surface area contributed by atoms with Gasteiger partial charge in [0.25, 0.3) is 11.8 Å². The predicted octanol–water partition coefficient (Wildman–Crippen LogP) is 3.77. The zero-order chi connectivity index (χ0) is 29.0. The molecular formula is C30H35N3O5S2. The third-order valence-corrected chi connectivity index (χ3v) is 9.67. The van der Waals surface area contributed by atoms with Gasteiger partial charge in [0.2, 0.25) is 5.91 Å². The van der Waals surface area contributed by atoms with Crippen molar-refractivity contribution in [3.63, 3.8) is 0 Å². The lowest BCUT2D eigenvalue weighted by Crippen LogP contribution is -2.58. The second kappa shape index (κ2) is 12.4. The van der Waals surface area contributed by atoms with Crippen LogP contribution >= 0.6 is 23.1 Å². The molecule has 4 rings (SSSR count). The van der Waals surface area contributed by atoms with E-state index in [0.29, 0.717) is 12.1 Å². The number of phenolic OH excluding ortho intramolecular Hbond substituents is 1.